The van der Waals surface area contributed by atoms with E-state index in [1.807, 2.05) is 19.1 Å². The van der Waals surface area contributed by atoms with E-state index in [9.17, 15) is 24.6 Å². The maximum atomic E-state index is 13.5. The molecule has 2 aliphatic heterocycles. The first-order valence-electron chi connectivity index (χ1n) is 10.1. The van der Waals surface area contributed by atoms with Crippen molar-refractivity contribution in [2.45, 2.75) is 24.9 Å². The standard InChI is InChI=1S/C23H24N2O6/c1-3-13-8-10-14(11-9-13)25-20(27)17-18(21(25)28)23(12-26,22(29)30)24-19(17)15-6-4-5-7-16(15)31-2/h4-11,17-19,24,26H,3,12H2,1-2H3,(H,29,30). The first-order valence-corrected chi connectivity index (χ1v) is 10.1. The van der Waals surface area contributed by atoms with Gasteiger partial charge in [-0.15, -0.1) is 0 Å². The number of fused-ring (bicyclic) bond motifs is 1. The average molecular weight is 424 g/mol. The van der Waals surface area contributed by atoms with E-state index < -0.39 is 47.8 Å². The first kappa shape index (κ1) is 21.0. The van der Waals surface area contributed by atoms with E-state index in [2.05, 4.69) is 5.32 Å². The largest absolute Gasteiger partial charge is 0.496 e. The minimum atomic E-state index is -1.99. The molecule has 2 saturated heterocycles. The molecule has 4 unspecified atom stereocenters. The molecular weight excluding hydrogens is 400 g/mol. The third-order valence-corrected chi connectivity index (χ3v) is 6.36. The van der Waals surface area contributed by atoms with Crippen molar-refractivity contribution in [1.29, 1.82) is 0 Å². The first-order chi connectivity index (χ1) is 14.9. The molecule has 2 fully saturated rings. The lowest BCUT2D eigenvalue weighted by Crippen LogP contribution is -2.58. The molecule has 2 amide bonds. The van der Waals surface area contributed by atoms with E-state index in [1.54, 1.807) is 36.4 Å². The third-order valence-electron chi connectivity index (χ3n) is 6.36. The van der Waals surface area contributed by atoms with E-state index >= 15 is 0 Å². The summed E-state index contributed by atoms with van der Waals surface area (Å²) in [7, 11) is 1.48. The third kappa shape index (κ3) is 3.02. The Morgan fingerprint density at radius 2 is 1.81 bits per heavy atom. The fourth-order valence-electron chi connectivity index (χ4n) is 4.74. The van der Waals surface area contributed by atoms with Gasteiger partial charge in [0.1, 0.15) is 5.75 Å². The summed E-state index contributed by atoms with van der Waals surface area (Å²) in [6.07, 6.45) is 0.805. The van der Waals surface area contributed by atoms with Crippen LogP contribution in [0.15, 0.2) is 48.5 Å². The van der Waals surface area contributed by atoms with Gasteiger partial charge in [-0.3, -0.25) is 19.7 Å². The average Bonchev–Trinajstić information content (AvgIpc) is 3.28. The molecular formula is C23H24N2O6. The van der Waals surface area contributed by atoms with Gasteiger partial charge in [0, 0.05) is 11.6 Å². The van der Waals surface area contributed by atoms with Crippen LogP contribution in [0.1, 0.15) is 24.1 Å². The summed E-state index contributed by atoms with van der Waals surface area (Å²) in [4.78, 5) is 40.3. The summed E-state index contributed by atoms with van der Waals surface area (Å²) >= 11 is 0. The number of aliphatic hydroxyl groups excluding tert-OH is 1. The highest BCUT2D eigenvalue weighted by molar-refractivity contribution is 6.24. The number of rotatable bonds is 6. The summed E-state index contributed by atoms with van der Waals surface area (Å²) in [6.45, 7) is 1.16. The number of carboxylic acid groups (broad SMARTS) is 1. The van der Waals surface area contributed by atoms with Crippen LogP contribution in [-0.2, 0) is 20.8 Å². The topological polar surface area (TPSA) is 116 Å². The molecule has 2 aliphatic rings. The van der Waals surface area contributed by atoms with Gasteiger partial charge in [-0.25, -0.2) is 4.90 Å². The van der Waals surface area contributed by atoms with Gasteiger partial charge in [-0.1, -0.05) is 37.3 Å². The highest BCUT2D eigenvalue weighted by Crippen LogP contribution is 2.51. The maximum Gasteiger partial charge on any atom is 0.327 e. The Bertz CT molecular complexity index is 1040. The molecule has 8 nitrogen and oxygen atoms in total. The second-order valence-electron chi connectivity index (χ2n) is 7.83. The number of carbonyl (C=O) groups is 3. The van der Waals surface area contributed by atoms with Crippen LogP contribution in [0.4, 0.5) is 5.69 Å². The minimum Gasteiger partial charge on any atom is -0.496 e. The summed E-state index contributed by atoms with van der Waals surface area (Å²) in [5.41, 5.74) is 0.00599. The van der Waals surface area contributed by atoms with Gasteiger partial charge in [0.2, 0.25) is 11.8 Å². The van der Waals surface area contributed by atoms with Crippen LogP contribution in [0.5, 0.6) is 5.75 Å². The second kappa shape index (κ2) is 7.79. The summed E-state index contributed by atoms with van der Waals surface area (Å²) in [5, 5.41) is 23.0. The van der Waals surface area contributed by atoms with Crippen molar-refractivity contribution < 1.29 is 29.3 Å². The Balaban J connectivity index is 1.84. The van der Waals surface area contributed by atoms with Gasteiger partial charge in [-0.05, 0) is 30.2 Å². The quantitative estimate of drug-likeness (QED) is 0.602. The van der Waals surface area contributed by atoms with Crippen LogP contribution in [0.2, 0.25) is 0 Å². The van der Waals surface area contributed by atoms with Crippen molar-refractivity contribution in [3.63, 3.8) is 0 Å². The molecule has 0 bridgehead atoms. The van der Waals surface area contributed by atoms with Crippen LogP contribution >= 0.6 is 0 Å². The number of aliphatic hydroxyl groups is 1. The van der Waals surface area contributed by atoms with Crippen molar-refractivity contribution in [2.24, 2.45) is 11.8 Å². The lowest BCUT2D eigenvalue weighted by atomic mass is 9.79. The van der Waals surface area contributed by atoms with Crippen LogP contribution in [0.25, 0.3) is 0 Å². The van der Waals surface area contributed by atoms with Gasteiger partial charge in [0.05, 0.1) is 31.2 Å². The lowest BCUT2D eigenvalue weighted by molar-refractivity contribution is -0.150. The van der Waals surface area contributed by atoms with Gasteiger partial charge in [0.15, 0.2) is 5.54 Å². The highest BCUT2D eigenvalue weighted by atomic mass is 16.5. The fourth-order valence-corrected chi connectivity index (χ4v) is 4.74. The minimum absolute atomic E-state index is 0.387. The summed E-state index contributed by atoms with van der Waals surface area (Å²) in [6, 6.07) is 13.1. The van der Waals surface area contributed by atoms with E-state index in [-0.39, 0.29) is 0 Å². The number of amides is 2. The van der Waals surface area contributed by atoms with E-state index in [4.69, 9.17) is 4.74 Å². The van der Waals surface area contributed by atoms with E-state index in [0.717, 1.165) is 16.9 Å². The van der Waals surface area contributed by atoms with E-state index in [0.29, 0.717) is 17.0 Å². The molecule has 0 radical (unpaired) electrons. The Hall–Kier alpha value is -3.23. The van der Waals surface area contributed by atoms with Gasteiger partial charge < -0.3 is 14.9 Å². The number of carboxylic acids is 1. The Labute approximate surface area is 179 Å². The highest BCUT2D eigenvalue weighted by Gasteiger charge is 2.69. The number of nitrogens with zero attached hydrogens (tertiary/aromatic N) is 1. The summed E-state index contributed by atoms with van der Waals surface area (Å²) < 4.78 is 5.41. The number of anilines is 1. The molecule has 2 heterocycles. The zero-order chi connectivity index (χ0) is 22.3. The molecule has 3 N–H and O–H groups in total. The van der Waals surface area contributed by atoms with Crippen molar-refractivity contribution in [1.82, 2.24) is 5.32 Å². The molecule has 0 spiro atoms. The normalized spacial score (nSPS) is 27.5. The number of aryl methyl sites for hydroxylation is 1. The molecule has 4 rings (SSSR count). The predicted octanol–water partition coefficient (Wildman–Crippen LogP) is 1.52. The molecule has 0 saturated carbocycles. The molecule has 162 valence electrons. The number of benzene rings is 2. The Morgan fingerprint density at radius 3 is 2.39 bits per heavy atom. The monoisotopic (exact) mass is 424 g/mol. The number of aliphatic carboxylic acids is 1. The van der Waals surface area contributed by atoms with Gasteiger partial charge in [0.25, 0.3) is 0 Å². The van der Waals surface area contributed by atoms with Crippen molar-refractivity contribution in [2.75, 3.05) is 18.6 Å². The SMILES string of the molecule is CCc1ccc(N2C(=O)C3C(c4ccccc4OC)NC(CO)(C(=O)O)C3C2=O)cc1. The predicted molar refractivity (Wildman–Crippen MR) is 112 cm³/mol. The molecule has 31 heavy (non-hydrogen) atoms. The van der Waals surface area contributed by atoms with Gasteiger partial charge in [-0.2, -0.15) is 0 Å². The number of ether oxygens (including phenoxy) is 1. The number of imide groups is 1. The lowest BCUT2D eigenvalue weighted by Gasteiger charge is -2.29. The second-order valence-corrected chi connectivity index (χ2v) is 7.83. The van der Waals surface area contributed by atoms with Crippen LogP contribution in [-0.4, -0.2) is 47.3 Å². The summed E-state index contributed by atoms with van der Waals surface area (Å²) in [5.74, 6) is -4.32. The molecule has 2 aromatic rings. The van der Waals surface area contributed by atoms with Crippen molar-refractivity contribution >= 4 is 23.5 Å². The van der Waals surface area contributed by atoms with Gasteiger partial charge >= 0.3 is 5.97 Å². The number of nitrogens with one attached hydrogen (secondary N) is 1. The Morgan fingerprint density at radius 1 is 1.13 bits per heavy atom. The van der Waals surface area contributed by atoms with Crippen LogP contribution in [0, 0.1) is 11.8 Å². The van der Waals surface area contributed by atoms with E-state index in [1.165, 1.54) is 7.11 Å². The number of methoxy groups -OCH3 is 1. The Kier molecular flexibility index (Phi) is 5.28. The number of hydrogen-bond acceptors (Lipinski definition) is 6. The molecule has 0 aromatic heterocycles. The number of para-hydroxylation sites is 1. The molecule has 2 aromatic carbocycles. The zero-order valence-corrected chi connectivity index (χ0v) is 17.2. The van der Waals surface area contributed by atoms with Crippen LogP contribution in [0.3, 0.4) is 0 Å². The smallest absolute Gasteiger partial charge is 0.327 e. The molecule has 0 aliphatic carbocycles. The zero-order valence-electron chi connectivity index (χ0n) is 17.2. The molecule has 4 atom stereocenters. The maximum absolute atomic E-state index is 13.5. The number of hydrogen-bond donors (Lipinski definition) is 3. The van der Waals surface area contributed by atoms with Crippen molar-refractivity contribution in [3.05, 3.63) is 59.7 Å². The molecule has 8 heteroatoms. The van der Waals surface area contributed by atoms with Crippen molar-refractivity contribution in [3.8, 4) is 5.75 Å². The van der Waals surface area contributed by atoms with Crippen LogP contribution < -0.4 is 15.0 Å². The number of carbonyl (C=O) groups excluding carboxylic acids is 2. The fraction of sp³-hybridized carbons (Fsp3) is 0.348.